The average molecular weight is 283 g/mol. The van der Waals surface area contributed by atoms with Gasteiger partial charge in [-0.25, -0.2) is 0 Å². The van der Waals surface area contributed by atoms with E-state index in [0.717, 1.165) is 6.54 Å². The first-order valence-electron chi connectivity index (χ1n) is 6.36. The van der Waals surface area contributed by atoms with E-state index in [2.05, 4.69) is 31.6 Å². The van der Waals surface area contributed by atoms with Gasteiger partial charge in [-0.1, -0.05) is 0 Å². The molecule has 3 rings (SSSR count). The van der Waals surface area contributed by atoms with Crippen LogP contribution in [0, 0.1) is 13.8 Å². The number of rotatable bonds is 1. The van der Waals surface area contributed by atoms with Crippen molar-refractivity contribution >= 4 is 23.7 Å². The minimum absolute atomic E-state index is 0. The summed E-state index contributed by atoms with van der Waals surface area (Å²) in [5.41, 5.74) is 5.67. The molecule has 0 N–H and O–H groups in total. The number of halogens is 1. The molecule has 0 saturated heterocycles. The number of aromatic nitrogens is 2. The summed E-state index contributed by atoms with van der Waals surface area (Å²) in [6.45, 7) is 7.60. The highest BCUT2D eigenvalue weighted by Crippen LogP contribution is 2.39. The SMILES string of the molecule is CCn1cc2c(n1)-c1c(C)sc(C)c1CCC2.Cl. The van der Waals surface area contributed by atoms with Crippen molar-refractivity contribution in [1.82, 2.24) is 9.78 Å². The van der Waals surface area contributed by atoms with E-state index in [1.54, 1.807) is 5.56 Å². The molecule has 2 heterocycles. The van der Waals surface area contributed by atoms with Crippen molar-refractivity contribution in [2.24, 2.45) is 0 Å². The molecule has 98 valence electrons. The molecule has 0 bridgehead atoms. The van der Waals surface area contributed by atoms with Crippen molar-refractivity contribution in [3.8, 4) is 11.3 Å². The number of hydrogen-bond donors (Lipinski definition) is 0. The van der Waals surface area contributed by atoms with Gasteiger partial charge >= 0.3 is 0 Å². The second kappa shape index (κ2) is 5.06. The highest BCUT2D eigenvalue weighted by Gasteiger charge is 2.22. The highest BCUT2D eigenvalue weighted by molar-refractivity contribution is 7.12. The summed E-state index contributed by atoms with van der Waals surface area (Å²) in [6, 6.07) is 0. The van der Waals surface area contributed by atoms with Crippen LogP contribution in [-0.4, -0.2) is 9.78 Å². The van der Waals surface area contributed by atoms with E-state index < -0.39 is 0 Å². The summed E-state index contributed by atoms with van der Waals surface area (Å²) in [5, 5.41) is 4.77. The third-order valence-electron chi connectivity index (χ3n) is 3.66. The summed E-state index contributed by atoms with van der Waals surface area (Å²) in [7, 11) is 0. The lowest BCUT2D eigenvalue weighted by Crippen LogP contribution is -1.95. The van der Waals surface area contributed by atoms with Crippen LogP contribution in [0.4, 0.5) is 0 Å². The van der Waals surface area contributed by atoms with Crippen molar-refractivity contribution in [3.63, 3.8) is 0 Å². The Bertz CT molecular complexity index is 569. The minimum atomic E-state index is 0. The van der Waals surface area contributed by atoms with Gasteiger partial charge < -0.3 is 0 Å². The lowest BCUT2D eigenvalue weighted by atomic mass is 10.0. The van der Waals surface area contributed by atoms with E-state index in [1.165, 1.54) is 45.8 Å². The Morgan fingerprint density at radius 1 is 1.28 bits per heavy atom. The first-order chi connectivity index (χ1) is 8.20. The van der Waals surface area contributed by atoms with Crippen LogP contribution in [0.3, 0.4) is 0 Å². The summed E-state index contributed by atoms with van der Waals surface area (Å²) in [6.07, 6.45) is 5.88. The van der Waals surface area contributed by atoms with Gasteiger partial charge in [-0.3, -0.25) is 4.68 Å². The monoisotopic (exact) mass is 282 g/mol. The standard InChI is InChI=1S/C14H18N2S.ClH/c1-4-16-8-11-6-5-7-12-9(2)17-10(3)13(12)14(11)15-16;/h8H,4-7H2,1-3H3;1H. The minimum Gasteiger partial charge on any atom is -0.272 e. The molecule has 2 aromatic rings. The lowest BCUT2D eigenvalue weighted by Gasteiger charge is -2.01. The zero-order chi connectivity index (χ0) is 12.0. The molecule has 0 unspecified atom stereocenters. The van der Waals surface area contributed by atoms with Crippen LogP contribution in [0.2, 0.25) is 0 Å². The normalized spacial score (nSPS) is 13.5. The fraction of sp³-hybridized carbons (Fsp3) is 0.500. The van der Waals surface area contributed by atoms with Crippen molar-refractivity contribution < 1.29 is 0 Å². The van der Waals surface area contributed by atoms with Crippen LogP contribution in [0.1, 0.15) is 34.2 Å². The van der Waals surface area contributed by atoms with Gasteiger partial charge in [-0.15, -0.1) is 23.7 Å². The predicted octanol–water partition coefficient (Wildman–Crippen LogP) is 4.16. The maximum absolute atomic E-state index is 4.77. The molecule has 0 amide bonds. The number of aryl methyl sites for hydroxylation is 4. The summed E-state index contributed by atoms with van der Waals surface area (Å²) >= 11 is 1.93. The van der Waals surface area contributed by atoms with Crippen LogP contribution in [0.15, 0.2) is 6.20 Å². The highest BCUT2D eigenvalue weighted by atomic mass is 35.5. The van der Waals surface area contributed by atoms with Gasteiger partial charge in [0, 0.05) is 28.1 Å². The molecule has 4 heteroatoms. The second-order valence-corrected chi connectivity index (χ2v) is 6.21. The first kappa shape index (κ1) is 13.6. The smallest absolute Gasteiger partial charge is 0.0969 e. The third-order valence-corrected chi connectivity index (χ3v) is 4.72. The summed E-state index contributed by atoms with van der Waals surface area (Å²) in [5.74, 6) is 0. The predicted molar refractivity (Wildman–Crippen MR) is 80.0 cm³/mol. The first-order valence-corrected chi connectivity index (χ1v) is 7.18. The topological polar surface area (TPSA) is 17.8 Å². The summed E-state index contributed by atoms with van der Waals surface area (Å²) < 4.78 is 2.08. The fourth-order valence-corrected chi connectivity index (χ4v) is 3.92. The molecule has 0 aliphatic heterocycles. The number of hydrogen-bond acceptors (Lipinski definition) is 2. The molecule has 0 radical (unpaired) electrons. The molecule has 0 fully saturated rings. The fourth-order valence-electron chi connectivity index (χ4n) is 2.82. The molecule has 0 saturated carbocycles. The van der Waals surface area contributed by atoms with Gasteiger partial charge in [-0.2, -0.15) is 5.10 Å². The Balaban J connectivity index is 0.00000120. The molecular formula is C14H19ClN2S. The van der Waals surface area contributed by atoms with Crippen LogP contribution in [-0.2, 0) is 19.4 Å². The molecule has 0 aromatic carbocycles. The van der Waals surface area contributed by atoms with Crippen molar-refractivity contribution in [1.29, 1.82) is 0 Å². The zero-order valence-electron chi connectivity index (χ0n) is 11.1. The van der Waals surface area contributed by atoms with E-state index in [1.807, 2.05) is 11.3 Å². The molecule has 0 atom stereocenters. The van der Waals surface area contributed by atoms with Gasteiger partial charge in [0.15, 0.2) is 0 Å². The zero-order valence-corrected chi connectivity index (χ0v) is 12.7. The molecule has 0 spiro atoms. The number of nitrogens with zero attached hydrogens (tertiary/aromatic N) is 2. The van der Waals surface area contributed by atoms with Crippen LogP contribution >= 0.6 is 23.7 Å². The van der Waals surface area contributed by atoms with Gasteiger partial charge in [-0.05, 0) is 51.2 Å². The van der Waals surface area contributed by atoms with Gasteiger partial charge in [0.25, 0.3) is 0 Å². The Labute approximate surface area is 118 Å². The molecular weight excluding hydrogens is 264 g/mol. The number of thiophene rings is 1. The van der Waals surface area contributed by atoms with E-state index in [-0.39, 0.29) is 12.4 Å². The van der Waals surface area contributed by atoms with Crippen LogP contribution in [0.25, 0.3) is 11.3 Å². The quantitative estimate of drug-likeness (QED) is 0.768. The van der Waals surface area contributed by atoms with Crippen LogP contribution < -0.4 is 0 Å². The van der Waals surface area contributed by atoms with Crippen molar-refractivity contribution in [2.75, 3.05) is 0 Å². The van der Waals surface area contributed by atoms with E-state index in [0.29, 0.717) is 0 Å². The lowest BCUT2D eigenvalue weighted by molar-refractivity contribution is 0.659. The molecule has 1 aliphatic carbocycles. The molecule has 18 heavy (non-hydrogen) atoms. The Kier molecular flexibility index (Phi) is 3.83. The maximum Gasteiger partial charge on any atom is 0.0969 e. The Morgan fingerprint density at radius 2 is 2.06 bits per heavy atom. The molecule has 2 nitrogen and oxygen atoms in total. The third kappa shape index (κ3) is 1.99. The van der Waals surface area contributed by atoms with Crippen molar-refractivity contribution in [3.05, 3.63) is 27.1 Å². The second-order valence-electron chi connectivity index (χ2n) is 4.78. The van der Waals surface area contributed by atoms with E-state index in [4.69, 9.17) is 5.10 Å². The Morgan fingerprint density at radius 3 is 2.78 bits per heavy atom. The van der Waals surface area contributed by atoms with E-state index >= 15 is 0 Å². The van der Waals surface area contributed by atoms with Crippen molar-refractivity contribution in [2.45, 2.75) is 46.6 Å². The largest absolute Gasteiger partial charge is 0.272 e. The Hall–Kier alpha value is -0.800. The summed E-state index contributed by atoms with van der Waals surface area (Å²) in [4.78, 5) is 2.92. The van der Waals surface area contributed by atoms with Gasteiger partial charge in [0.1, 0.15) is 0 Å². The van der Waals surface area contributed by atoms with Gasteiger partial charge in [0.2, 0.25) is 0 Å². The number of fused-ring (bicyclic) bond motifs is 3. The van der Waals surface area contributed by atoms with Crippen LogP contribution in [0.5, 0.6) is 0 Å². The van der Waals surface area contributed by atoms with Gasteiger partial charge in [0.05, 0.1) is 5.69 Å². The molecule has 2 aromatic heterocycles. The van der Waals surface area contributed by atoms with E-state index in [9.17, 15) is 0 Å². The maximum atomic E-state index is 4.77. The average Bonchev–Trinajstić information content (AvgIpc) is 2.76. The molecule has 1 aliphatic rings.